The summed E-state index contributed by atoms with van der Waals surface area (Å²) in [6, 6.07) is 6.43. The molecule has 1 aliphatic heterocycles. The predicted molar refractivity (Wildman–Crippen MR) is 125 cm³/mol. The van der Waals surface area contributed by atoms with Gasteiger partial charge in [-0.25, -0.2) is 4.99 Å². The SMILES string of the molecule is CC1CCCCC1NC(=NCC(=O)N(C)C)NCCc1ccc2c(c1)OCO2.I. The first-order valence-electron chi connectivity index (χ1n) is 10.2. The summed E-state index contributed by atoms with van der Waals surface area (Å²) in [5, 5.41) is 6.95. The van der Waals surface area contributed by atoms with Gasteiger partial charge >= 0.3 is 0 Å². The van der Waals surface area contributed by atoms with Crippen LogP contribution in [0.3, 0.4) is 0 Å². The number of likely N-dealkylation sites (N-methyl/N-ethyl adjacent to an activating group) is 1. The summed E-state index contributed by atoms with van der Waals surface area (Å²) in [7, 11) is 3.50. The molecule has 1 heterocycles. The fraction of sp³-hybridized carbons (Fsp3) is 0.619. The summed E-state index contributed by atoms with van der Waals surface area (Å²) in [6.45, 7) is 3.44. The molecule has 162 valence electrons. The molecular formula is C21H33IN4O3. The molecule has 1 aromatic carbocycles. The summed E-state index contributed by atoms with van der Waals surface area (Å²) >= 11 is 0. The van der Waals surface area contributed by atoms with Crippen molar-refractivity contribution >= 4 is 35.8 Å². The van der Waals surface area contributed by atoms with Gasteiger partial charge in [0.15, 0.2) is 17.5 Å². The molecule has 1 amide bonds. The maximum atomic E-state index is 11.9. The van der Waals surface area contributed by atoms with Gasteiger partial charge in [0, 0.05) is 26.7 Å². The highest BCUT2D eigenvalue weighted by Gasteiger charge is 2.22. The van der Waals surface area contributed by atoms with E-state index in [1.165, 1.54) is 24.8 Å². The van der Waals surface area contributed by atoms with Crippen molar-refractivity contribution in [1.29, 1.82) is 0 Å². The van der Waals surface area contributed by atoms with Crippen molar-refractivity contribution in [2.45, 2.75) is 45.1 Å². The van der Waals surface area contributed by atoms with E-state index in [-0.39, 0.29) is 43.2 Å². The zero-order valence-electron chi connectivity index (χ0n) is 17.6. The molecule has 2 aliphatic rings. The van der Waals surface area contributed by atoms with Crippen LogP contribution in [0, 0.1) is 5.92 Å². The van der Waals surface area contributed by atoms with Crippen LogP contribution in [-0.2, 0) is 11.2 Å². The molecule has 2 N–H and O–H groups in total. The van der Waals surface area contributed by atoms with Crippen LogP contribution in [0.25, 0.3) is 0 Å². The van der Waals surface area contributed by atoms with Crippen LogP contribution in [0.1, 0.15) is 38.2 Å². The zero-order chi connectivity index (χ0) is 19.9. The number of hydrogen-bond donors (Lipinski definition) is 2. The van der Waals surface area contributed by atoms with Gasteiger partial charge in [-0.15, -0.1) is 24.0 Å². The number of nitrogens with zero attached hydrogens (tertiary/aromatic N) is 2. The number of ether oxygens (including phenoxy) is 2. The Morgan fingerprint density at radius 3 is 2.72 bits per heavy atom. The Kier molecular flexibility index (Phi) is 9.32. The lowest BCUT2D eigenvalue weighted by molar-refractivity contribution is -0.127. The highest BCUT2D eigenvalue weighted by atomic mass is 127. The minimum Gasteiger partial charge on any atom is -0.454 e. The second-order valence-electron chi connectivity index (χ2n) is 7.83. The third-order valence-corrected chi connectivity index (χ3v) is 5.45. The Labute approximate surface area is 190 Å². The number of halogens is 1. The molecule has 3 rings (SSSR count). The van der Waals surface area contributed by atoms with E-state index in [0.29, 0.717) is 12.0 Å². The van der Waals surface area contributed by atoms with Gasteiger partial charge in [0.05, 0.1) is 0 Å². The summed E-state index contributed by atoms with van der Waals surface area (Å²) in [5.41, 5.74) is 1.17. The van der Waals surface area contributed by atoms with E-state index in [2.05, 4.69) is 28.6 Å². The van der Waals surface area contributed by atoms with Crippen LogP contribution in [0.15, 0.2) is 23.2 Å². The topological polar surface area (TPSA) is 75.2 Å². The van der Waals surface area contributed by atoms with E-state index < -0.39 is 0 Å². The molecule has 1 aliphatic carbocycles. The molecule has 1 fully saturated rings. The van der Waals surface area contributed by atoms with Gasteiger partial charge in [-0.2, -0.15) is 0 Å². The Bertz CT molecular complexity index is 711. The maximum absolute atomic E-state index is 11.9. The Morgan fingerprint density at radius 2 is 1.97 bits per heavy atom. The Hall–Kier alpha value is -1.71. The number of guanidine groups is 1. The number of amides is 1. The minimum atomic E-state index is -0.00596. The van der Waals surface area contributed by atoms with Gasteiger partial charge in [0.2, 0.25) is 12.7 Å². The standard InChI is InChI=1S/C21H32N4O3.HI/c1-15-6-4-5-7-17(15)24-21(23-13-20(26)25(2)3)22-11-10-16-8-9-18-19(12-16)28-14-27-18;/h8-9,12,15,17H,4-7,10-11,13-14H2,1-3H3,(H2,22,23,24);1H. The first-order valence-corrected chi connectivity index (χ1v) is 10.2. The fourth-order valence-corrected chi connectivity index (χ4v) is 3.57. The number of rotatable bonds is 6. The van der Waals surface area contributed by atoms with Crippen molar-refractivity contribution < 1.29 is 14.3 Å². The molecule has 0 bridgehead atoms. The molecule has 7 nitrogen and oxygen atoms in total. The van der Waals surface area contributed by atoms with Crippen molar-refractivity contribution in [3.8, 4) is 11.5 Å². The molecule has 2 unspecified atom stereocenters. The number of fused-ring (bicyclic) bond motifs is 1. The molecule has 1 saturated carbocycles. The number of aliphatic imine (C=N–C) groups is 1. The van der Waals surface area contributed by atoms with E-state index in [4.69, 9.17) is 9.47 Å². The van der Waals surface area contributed by atoms with Crippen molar-refractivity contribution in [2.75, 3.05) is 34.0 Å². The molecule has 1 aromatic rings. The Balaban J connectivity index is 0.00000300. The lowest BCUT2D eigenvalue weighted by Gasteiger charge is -2.31. The van der Waals surface area contributed by atoms with Gasteiger partial charge < -0.3 is 25.0 Å². The van der Waals surface area contributed by atoms with Gasteiger partial charge in [0.1, 0.15) is 6.54 Å². The third kappa shape index (κ3) is 6.94. The zero-order valence-corrected chi connectivity index (χ0v) is 19.9. The van der Waals surface area contributed by atoms with Crippen molar-refractivity contribution in [3.63, 3.8) is 0 Å². The fourth-order valence-electron chi connectivity index (χ4n) is 3.57. The quantitative estimate of drug-likeness (QED) is 0.346. The van der Waals surface area contributed by atoms with Gasteiger partial charge in [-0.05, 0) is 42.9 Å². The van der Waals surface area contributed by atoms with Crippen molar-refractivity contribution in [1.82, 2.24) is 15.5 Å². The lowest BCUT2D eigenvalue weighted by atomic mass is 9.86. The summed E-state index contributed by atoms with van der Waals surface area (Å²) in [5.74, 6) is 2.92. The molecule has 0 aromatic heterocycles. The number of carbonyl (C=O) groups excluding carboxylic acids is 1. The third-order valence-electron chi connectivity index (χ3n) is 5.45. The lowest BCUT2D eigenvalue weighted by Crippen LogP contribution is -2.48. The van der Waals surface area contributed by atoms with Crippen LogP contribution in [0.5, 0.6) is 11.5 Å². The number of hydrogen-bond acceptors (Lipinski definition) is 4. The second-order valence-corrected chi connectivity index (χ2v) is 7.83. The number of carbonyl (C=O) groups is 1. The molecule has 2 atom stereocenters. The van der Waals surface area contributed by atoms with E-state index >= 15 is 0 Å². The van der Waals surface area contributed by atoms with Gasteiger partial charge in [0.25, 0.3) is 0 Å². The molecule has 29 heavy (non-hydrogen) atoms. The summed E-state index contributed by atoms with van der Waals surface area (Å²) in [4.78, 5) is 18.0. The van der Waals surface area contributed by atoms with Crippen LogP contribution < -0.4 is 20.1 Å². The molecular weight excluding hydrogens is 483 g/mol. The van der Waals surface area contributed by atoms with Crippen molar-refractivity contribution in [2.24, 2.45) is 10.9 Å². The highest BCUT2D eigenvalue weighted by molar-refractivity contribution is 14.0. The summed E-state index contributed by atoms with van der Waals surface area (Å²) in [6.07, 6.45) is 5.75. The molecule has 8 heteroatoms. The van der Waals surface area contributed by atoms with Crippen LogP contribution in [0.4, 0.5) is 0 Å². The van der Waals surface area contributed by atoms with Gasteiger partial charge in [-0.3, -0.25) is 4.79 Å². The monoisotopic (exact) mass is 516 g/mol. The first kappa shape index (κ1) is 23.6. The first-order chi connectivity index (χ1) is 13.5. The Morgan fingerprint density at radius 1 is 1.21 bits per heavy atom. The maximum Gasteiger partial charge on any atom is 0.243 e. The largest absolute Gasteiger partial charge is 0.454 e. The molecule has 0 spiro atoms. The number of benzene rings is 1. The average Bonchev–Trinajstić information content (AvgIpc) is 3.15. The molecule has 0 radical (unpaired) electrons. The predicted octanol–water partition coefficient (Wildman–Crippen LogP) is 2.78. The van der Waals surface area contributed by atoms with Crippen LogP contribution in [-0.4, -0.2) is 56.8 Å². The van der Waals surface area contributed by atoms with Gasteiger partial charge in [-0.1, -0.05) is 25.8 Å². The summed E-state index contributed by atoms with van der Waals surface area (Å²) < 4.78 is 10.8. The van der Waals surface area contributed by atoms with E-state index in [9.17, 15) is 4.79 Å². The van der Waals surface area contributed by atoms with E-state index in [0.717, 1.165) is 36.8 Å². The van der Waals surface area contributed by atoms with E-state index in [1.54, 1.807) is 19.0 Å². The normalized spacial score (nSPS) is 20.6. The van der Waals surface area contributed by atoms with Crippen LogP contribution in [0.2, 0.25) is 0 Å². The van der Waals surface area contributed by atoms with Crippen LogP contribution >= 0.6 is 24.0 Å². The average molecular weight is 516 g/mol. The second kappa shape index (κ2) is 11.5. The van der Waals surface area contributed by atoms with E-state index in [1.807, 2.05) is 12.1 Å². The number of nitrogens with one attached hydrogen (secondary N) is 2. The smallest absolute Gasteiger partial charge is 0.243 e. The highest BCUT2D eigenvalue weighted by Crippen LogP contribution is 2.32. The molecule has 0 saturated heterocycles. The van der Waals surface area contributed by atoms with Crippen molar-refractivity contribution in [3.05, 3.63) is 23.8 Å². The minimum absolute atomic E-state index is 0.